The summed E-state index contributed by atoms with van der Waals surface area (Å²) in [5.74, 6) is 0. The zero-order valence-corrected chi connectivity index (χ0v) is 38.8. The van der Waals surface area contributed by atoms with Crippen molar-refractivity contribution < 1.29 is 0 Å². The maximum atomic E-state index is 3.69. The van der Waals surface area contributed by atoms with E-state index in [9.17, 15) is 0 Å². The third kappa shape index (κ3) is 40.4. The zero-order chi connectivity index (χ0) is 41.3. The quantitative estimate of drug-likeness (QED) is 0.262. The lowest BCUT2D eigenvalue weighted by atomic mass is 10.0. The highest BCUT2D eigenvalue weighted by atomic mass is 14.0. The molecule has 0 aliphatic heterocycles. The van der Waals surface area contributed by atoms with Gasteiger partial charge in [0, 0.05) is 0 Å². The van der Waals surface area contributed by atoms with E-state index in [4.69, 9.17) is 0 Å². The molecule has 0 bridgehead atoms. The van der Waals surface area contributed by atoms with Gasteiger partial charge in [-0.25, -0.2) is 0 Å². The van der Waals surface area contributed by atoms with E-state index in [2.05, 4.69) is 61.8 Å². The van der Waals surface area contributed by atoms with Crippen LogP contribution in [0.15, 0.2) is 86.0 Å². The predicted octanol–water partition coefficient (Wildman–Crippen LogP) is 20.8. The monoisotopic (exact) mass is 795 g/mol. The van der Waals surface area contributed by atoms with Gasteiger partial charge in [0.1, 0.15) is 0 Å². The van der Waals surface area contributed by atoms with Crippen LogP contribution in [0.1, 0.15) is 268 Å². The van der Waals surface area contributed by atoms with Crippen molar-refractivity contribution in [3.8, 4) is 0 Å². The van der Waals surface area contributed by atoms with Gasteiger partial charge in [-0.2, -0.15) is 0 Å². The highest BCUT2D eigenvalue weighted by Gasteiger charge is 1.96. The lowest BCUT2D eigenvalue weighted by Gasteiger charge is -2.02. The molecule has 0 heterocycles. The van der Waals surface area contributed by atoms with Crippen molar-refractivity contribution in [3.63, 3.8) is 0 Å². The number of rotatable bonds is 2. The molecule has 0 aromatic heterocycles. The van der Waals surface area contributed by atoms with Crippen LogP contribution in [0.5, 0.6) is 0 Å². The summed E-state index contributed by atoms with van der Waals surface area (Å²) in [7, 11) is 0. The van der Waals surface area contributed by atoms with E-state index in [1.54, 1.807) is 0 Å². The average Bonchev–Trinajstić information content (AvgIpc) is 3.23. The van der Waals surface area contributed by atoms with E-state index in [1.807, 2.05) is 36.4 Å². The highest BCUT2D eigenvalue weighted by Crippen LogP contribution is 2.16. The zero-order valence-electron chi connectivity index (χ0n) is 38.8. The largest absolute Gasteiger partial charge is 0.0984 e. The number of benzene rings is 1. The van der Waals surface area contributed by atoms with Gasteiger partial charge < -0.3 is 0 Å². The Morgan fingerprint density at radius 2 is 0.362 bits per heavy atom. The van der Waals surface area contributed by atoms with Gasteiger partial charge in [-0.3, -0.25) is 0 Å². The Morgan fingerprint density at radius 1 is 0.224 bits per heavy atom. The first-order valence-corrected chi connectivity index (χ1v) is 25.8. The van der Waals surface area contributed by atoms with Gasteiger partial charge >= 0.3 is 0 Å². The third-order valence-corrected chi connectivity index (χ3v) is 12.1. The van der Waals surface area contributed by atoms with E-state index in [0.717, 1.165) is 11.1 Å². The molecule has 0 saturated carbocycles. The van der Waals surface area contributed by atoms with Crippen LogP contribution in [0.3, 0.4) is 0 Å². The topological polar surface area (TPSA) is 0 Å². The van der Waals surface area contributed by atoms with Crippen molar-refractivity contribution in [1.82, 2.24) is 0 Å². The molecule has 4 aliphatic carbocycles. The number of hydrogen-bond acceptors (Lipinski definition) is 0. The Morgan fingerprint density at radius 3 is 0.500 bits per heavy atom. The van der Waals surface area contributed by atoms with Crippen LogP contribution in [0.2, 0.25) is 0 Å². The van der Waals surface area contributed by atoms with Crippen molar-refractivity contribution >= 4 is 12.2 Å². The fourth-order valence-corrected chi connectivity index (χ4v) is 8.17. The van der Waals surface area contributed by atoms with Crippen molar-refractivity contribution in [2.45, 2.75) is 257 Å². The lowest BCUT2D eigenvalue weighted by Crippen LogP contribution is -1.82. The van der Waals surface area contributed by atoms with Crippen LogP contribution < -0.4 is 0 Å². The molecule has 58 heavy (non-hydrogen) atoms. The highest BCUT2D eigenvalue weighted by molar-refractivity contribution is 5.63. The molecule has 0 saturated heterocycles. The van der Waals surface area contributed by atoms with Crippen LogP contribution >= 0.6 is 0 Å². The van der Waals surface area contributed by atoms with Gasteiger partial charge in [0.2, 0.25) is 0 Å². The fraction of sp³-hybridized carbons (Fsp3) is 0.690. The third-order valence-electron chi connectivity index (χ3n) is 12.1. The Hall–Kier alpha value is -2.34. The van der Waals surface area contributed by atoms with Gasteiger partial charge in [-0.15, -0.1) is 0 Å². The first-order valence-electron chi connectivity index (χ1n) is 25.8. The first-order chi connectivity index (χ1) is 28.9. The molecule has 0 fully saturated rings. The first kappa shape index (κ1) is 53.7. The molecular formula is C58H98. The molecule has 0 unspecified atom stereocenters. The van der Waals surface area contributed by atoms with Crippen LogP contribution in [0, 0.1) is 0 Å². The minimum Gasteiger partial charge on any atom is -0.0984 e. The van der Waals surface area contributed by atoms with Crippen molar-refractivity contribution in [3.05, 3.63) is 97.2 Å². The minimum atomic E-state index is 1.14. The van der Waals surface area contributed by atoms with E-state index >= 15 is 0 Å². The Balaban J connectivity index is 0.000000363. The van der Waals surface area contributed by atoms with Crippen LogP contribution in [-0.2, 0) is 0 Å². The summed E-state index contributed by atoms with van der Waals surface area (Å²) in [4.78, 5) is 0. The second-order valence-electron chi connectivity index (χ2n) is 17.5. The molecule has 0 N–H and O–H groups in total. The summed E-state index contributed by atoms with van der Waals surface area (Å²) in [5, 5.41) is 0. The minimum absolute atomic E-state index is 1.14. The van der Waals surface area contributed by atoms with Gasteiger partial charge in [-0.1, -0.05) is 252 Å². The number of allylic oxidation sites excluding steroid dienone is 8. The fourth-order valence-electron chi connectivity index (χ4n) is 8.17. The summed E-state index contributed by atoms with van der Waals surface area (Å²) in [6.07, 6.45) is 79.7. The van der Waals surface area contributed by atoms with Gasteiger partial charge in [0.05, 0.1) is 0 Å². The molecule has 0 amide bonds. The summed E-state index contributed by atoms with van der Waals surface area (Å²) in [6, 6.07) is 8.02. The summed E-state index contributed by atoms with van der Waals surface area (Å²) in [6.45, 7) is 7.38. The molecule has 0 heteroatoms. The average molecular weight is 795 g/mol. The van der Waals surface area contributed by atoms with Crippen LogP contribution in [-0.4, -0.2) is 0 Å². The Kier molecular flexibility index (Phi) is 43.8. The molecule has 0 atom stereocenters. The predicted molar refractivity (Wildman–Crippen MR) is 268 cm³/mol. The van der Waals surface area contributed by atoms with E-state index < -0.39 is 0 Å². The summed E-state index contributed by atoms with van der Waals surface area (Å²) < 4.78 is 0. The maximum absolute atomic E-state index is 3.69. The second-order valence-corrected chi connectivity index (χ2v) is 17.5. The molecule has 5 rings (SSSR count). The van der Waals surface area contributed by atoms with Gasteiger partial charge in [0.25, 0.3) is 0 Å². The molecule has 1 aromatic carbocycles. The lowest BCUT2D eigenvalue weighted by molar-refractivity contribution is 0.566. The van der Waals surface area contributed by atoms with E-state index in [-0.39, 0.29) is 0 Å². The SMILES string of the molecule is C1=CCCCCCCCCCC1.C1=CCCCCCCCCCC1.C1=CCCCCCCCCCC1.C1=CCCCCCCCCCC1.C=Cc1ccccc1C=C. The second kappa shape index (κ2) is 47.3. The maximum Gasteiger partial charge on any atom is -0.0190 e. The van der Waals surface area contributed by atoms with Crippen LogP contribution in [0.4, 0.5) is 0 Å². The Labute approximate surface area is 364 Å². The van der Waals surface area contributed by atoms with Crippen molar-refractivity contribution in [2.75, 3.05) is 0 Å². The van der Waals surface area contributed by atoms with Crippen molar-refractivity contribution in [2.24, 2.45) is 0 Å². The van der Waals surface area contributed by atoms with Crippen LogP contribution in [0.25, 0.3) is 12.2 Å². The molecule has 0 spiro atoms. The standard InChI is InChI=1S/4C12H22.C10H10/c4*1-2-4-6-8-10-12-11-9-7-5-3-1;1-3-9-7-5-6-8-10(9)4-2/h4*1-2H,3-12H2;3-8H,1-2H2. The summed E-state index contributed by atoms with van der Waals surface area (Å²) in [5.41, 5.74) is 2.27. The van der Waals surface area contributed by atoms with Crippen molar-refractivity contribution in [1.29, 1.82) is 0 Å². The smallest absolute Gasteiger partial charge is 0.0190 e. The Bertz CT molecular complexity index is 894. The normalized spacial score (nSPS) is 20.3. The van der Waals surface area contributed by atoms with E-state index in [0.29, 0.717) is 0 Å². The molecule has 0 radical (unpaired) electrons. The molecular weight excluding hydrogens is 697 g/mol. The van der Waals surface area contributed by atoms with E-state index in [1.165, 1.54) is 257 Å². The molecule has 0 nitrogen and oxygen atoms in total. The molecule has 1 aromatic rings. The molecule has 4 aliphatic rings. The molecule has 330 valence electrons. The van der Waals surface area contributed by atoms with Gasteiger partial charge in [0.15, 0.2) is 0 Å². The summed E-state index contributed by atoms with van der Waals surface area (Å²) >= 11 is 0. The number of hydrogen-bond donors (Lipinski definition) is 0. The van der Waals surface area contributed by atoms with Gasteiger partial charge in [-0.05, 0) is 114 Å².